The van der Waals surface area contributed by atoms with Crippen molar-refractivity contribution in [3.63, 3.8) is 0 Å². The van der Waals surface area contributed by atoms with Crippen LogP contribution in [-0.2, 0) is 7.05 Å². The zero-order valence-electron chi connectivity index (χ0n) is 7.80. The van der Waals surface area contributed by atoms with Gasteiger partial charge in [0.15, 0.2) is 0 Å². The van der Waals surface area contributed by atoms with Gasteiger partial charge in [0.2, 0.25) is 0 Å². The fourth-order valence-electron chi connectivity index (χ4n) is 0.852. The van der Waals surface area contributed by atoms with E-state index in [1.807, 2.05) is 0 Å². The number of aromatic nitrogens is 2. The minimum Gasteiger partial charge on any atom is -0.383 e. The second-order valence-electron chi connectivity index (χ2n) is 2.57. The van der Waals surface area contributed by atoms with E-state index >= 15 is 0 Å². The van der Waals surface area contributed by atoms with Gasteiger partial charge in [-0.1, -0.05) is 17.0 Å². The fraction of sp³-hybridized carbons (Fsp3) is 0.375. The molecule has 0 aliphatic rings. The van der Waals surface area contributed by atoms with Crippen LogP contribution in [0.4, 0.5) is 5.82 Å². The Bertz CT molecular complexity index is 415. The van der Waals surface area contributed by atoms with Crippen molar-refractivity contribution in [2.75, 3.05) is 12.3 Å². The molecule has 0 spiro atoms. The minimum atomic E-state index is 0.379. The molecule has 0 unspecified atom stereocenters. The number of azide groups is 1. The quantitative estimate of drug-likeness (QED) is 0.248. The Hall–Kier alpha value is -2.12. The number of nitrogens with zero attached hydrogens (tertiary/aromatic N) is 5. The average Bonchev–Trinajstić information content (AvgIpc) is 2.49. The Morgan fingerprint density at radius 3 is 3.14 bits per heavy atom. The highest BCUT2D eigenvalue weighted by atomic mass is 15.3. The van der Waals surface area contributed by atoms with E-state index in [1.165, 1.54) is 0 Å². The summed E-state index contributed by atoms with van der Waals surface area (Å²) in [7, 11) is 1.75. The van der Waals surface area contributed by atoms with E-state index < -0.39 is 0 Å². The van der Waals surface area contributed by atoms with Gasteiger partial charge < -0.3 is 5.73 Å². The molecule has 0 atom stereocenters. The van der Waals surface area contributed by atoms with Crippen LogP contribution in [0.25, 0.3) is 10.4 Å². The van der Waals surface area contributed by atoms with Gasteiger partial charge in [-0.15, -0.1) is 0 Å². The molecule has 0 bridgehead atoms. The fourth-order valence-corrected chi connectivity index (χ4v) is 0.852. The predicted molar refractivity (Wildman–Crippen MR) is 53.1 cm³/mol. The molecule has 1 aromatic heterocycles. The van der Waals surface area contributed by atoms with E-state index in [4.69, 9.17) is 11.3 Å². The number of aryl methyl sites for hydroxylation is 1. The van der Waals surface area contributed by atoms with Crippen molar-refractivity contribution in [1.29, 1.82) is 0 Å². The summed E-state index contributed by atoms with van der Waals surface area (Å²) in [6.07, 6.45) is 2.13. The largest absolute Gasteiger partial charge is 0.383 e. The van der Waals surface area contributed by atoms with Crippen LogP contribution in [0, 0.1) is 11.8 Å². The number of hydrogen-bond acceptors (Lipinski definition) is 3. The lowest BCUT2D eigenvalue weighted by molar-refractivity contribution is 0.779. The highest BCUT2D eigenvalue weighted by Crippen LogP contribution is 2.06. The van der Waals surface area contributed by atoms with Crippen LogP contribution in [0.2, 0.25) is 0 Å². The molecule has 0 fully saturated rings. The molecule has 6 nitrogen and oxygen atoms in total. The van der Waals surface area contributed by atoms with Crippen LogP contribution >= 0.6 is 0 Å². The predicted octanol–water partition coefficient (Wildman–Crippen LogP) is 1.05. The Morgan fingerprint density at radius 1 is 1.79 bits per heavy atom. The van der Waals surface area contributed by atoms with Crippen molar-refractivity contribution in [2.45, 2.75) is 6.42 Å². The molecule has 0 aliphatic heterocycles. The van der Waals surface area contributed by atoms with Crippen LogP contribution in [0.1, 0.15) is 12.0 Å². The number of anilines is 1. The normalized spacial score (nSPS) is 8.64. The Morgan fingerprint density at radius 2 is 2.57 bits per heavy atom. The molecule has 1 rings (SSSR count). The summed E-state index contributed by atoms with van der Waals surface area (Å²) in [6, 6.07) is 0. The molecule has 0 saturated heterocycles. The number of nitrogen functional groups attached to an aromatic ring is 1. The number of nitrogens with two attached hydrogens (primary N) is 1. The maximum Gasteiger partial charge on any atom is 0.137 e. The molecule has 0 saturated carbocycles. The van der Waals surface area contributed by atoms with E-state index in [-0.39, 0.29) is 0 Å². The Kier molecular flexibility index (Phi) is 3.41. The van der Waals surface area contributed by atoms with Crippen molar-refractivity contribution in [3.8, 4) is 11.8 Å². The van der Waals surface area contributed by atoms with Crippen LogP contribution in [0.3, 0.4) is 0 Å². The van der Waals surface area contributed by atoms with Gasteiger partial charge in [-0.25, -0.2) is 0 Å². The van der Waals surface area contributed by atoms with Gasteiger partial charge in [-0.3, -0.25) is 4.68 Å². The van der Waals surface area contributed by atoms with Crippen molar-refractivity contribution in [2.24, 2.45) is 12.2 Å². The average molecular weight is 190 g/mol. The molecule has 1 aromatic rings. The van der Waals surface area contributed by atoms with Gasteiger partial charge in [0, 0.05) is 24.9 Å². The maximum atomic E-state index is 8.01. The second kappa shape index (κ2) is 4.80. The molecular weight excluding hydrogens is 180 g/mol. The summed E-state index contributed by atoms with van der Waals surface area (Å²) in [5.74, 6) is 6.24. The first-order chi connectivity index (χ1) is 6.75. The highest BCUT2D eigenvalue weighted by molar-refractivity contribution is 5.49. The van der Waals surface area contributed by atoms with E-state index in [1.54, 1.807) is 17.9 Å². The number of hydrogen-bond donors (Lipinski definition) is 1. The van der Waals surface area contributed by atoms with E-state index in [9.17, 15) is 0 Å². The van der Waals surface area contributed by atoms with Gasteiger partial charge in [0.1, 0.15) is 5.82 Å². The third-order valence-electron chi connectivity index (χ3n) is 1.61. The van der Waals surface area contributed by atoms with E-state index in [0.717, 1.165) is 0 Å². The van der Waals surface area contributed by atoms with Crippen molar-refractivity contribution in [3.05, 3.63) is 22.2 Å². The third-order valence-corrected chi connectivity index (χ3v) is 1.61. The molecule has 0 amide bonds. The zero-order valence-corrected chi connectivity index (χ0v) is 7.80. The van der Waals surface area contributed by atoms with Crippen LogP contribution in [0.15, 0.2) is 11.3 Å². The molecular formula is C8H10N6. The Balaban J connectivity index is 2.59. The summed E-state index contributed by atoms with van der Waals surface area (Å²) in [6.45, 7) is 0.379. The summed E-state index contributed by atoms with van der Waals surface area (Å²) in [4.78, 5) is 2.62. The van der Waals surface area contributed by atoms with E-state index in [0.29, 0.717) is 24.3 Å². The molecule has 6 heteroatoms. The van der Waals surface area contributed by atoms with Crippen LogP contribution in [0.5, 0.6) is 0 Å². The lowest BCUT2D eigenvalue weighted by atomic mass is 10.3. The molecule has 1 heterocycles. The molecule has 0 aliphatic carbocycles. The van der Waals surface area contributed by atoms with Gasteiger partial charge in [0.05, 0.1) is 11.8 Å². The molecule has 14 heavy (non-hydrogen) atoms. The van der Waals surface area contributed by atoms with Crippen molar-refractivity contribution >= 4 is 5.82 Å². The lowest BCUT2D eigenvalue weighted by Gasteiger charge is -1.91. The van der Waals surface area contributed by atoms with Crippen LogP contribution < -0.4 is 5.73 Å². The molecule has 2 N–H and O–H groups in total. The lowest BCUT2D eigenvalue weighted by Crippen LogP contribution is -1.98. The first kappa shape index (κ1) is 9.96. The standard InChI is InChI=1S/C8H10N6/c1-14-8(9)7(6-12-14)4-2-3-5-11-13-10/h6H,3,5,9H2,1H3. The smallest absolute Gasteiger partial charge is 0.137 e. The highest BCUT2D eigenvalue weighted by Gasteiger charge is 1.99. The summed E-state index contributed by atoms with van der Waals surface area (Å²) >= 11 is 0. The van der Waals surface area contributed by atoms with Crippen molar-refractivity contribution < 1.29 is 0 Å². The van der Waals surface area contributed by atoms with Gasteiger partial charge >= 0.3 is 0 Å². The van der Waals surface area contributed by atoms with Crippen molar-refractivity contribution in [1.82, 2.24) is 9.78 Å². The second-order valence-corrected chi connectivity index (χ2v) is 2.57. The molecule has 0 aromatic carbocycles. The first-order valence-electron chi connectivity index (χ1n) is 4.03. The monoisotopic (exact) mass is 190 g/mol. The maximum absolute atomic E-state index is 8.01. The van der Waals surface area contributed by atoms with Gasteiger partial charge in [-0.05, 0) is 5.53 Å². The SMILES string of the molecule is Cn1ncc(C#CCCN=[N+]=[N-])c1N. The molecule has 72 valence electrons. The summed E-state index contributed by atoms with van der Waals surface area (Å²) < 4.78 is 1.55. The van der Waals surface area contributed by atoms with Crippen LogP contribution in [-0.4, -0.2) is 16.3 Å². The summed E-state index contributed by atoms with van der Waals surface area (Å²) in [5, 5.41) is 7.30. The summed E-state index contributed by atoms with van der Waals surface area (Å²) in [5.41, 5.74) is 14.4. The van der Waals surface area contributed by atoms with E-state index in [2.05, 4.69) is 27.0 Å². The zero-order chi connectivity index (χ0) is 10.4. The first-order valence-corrected chi connectivity index (χ1v) is 4.03. The Labute approximate surface area is 81.3 Å². The third kappa shape index (κ3) is 2.44. The minimum absolute atomic E-state index is 0.379. The number of rotatable bonds is 2. The van der Waals surface area contributed by atoms with Gasteiger partial charge in [-0.2, -0.15) is 5.10 Å². The van der Waals surface area contributed by atoms with Gasteiger partial charge in [0.25, 0.3) is 0 Å². The topological polar surface area (TPSA) is 92.6 Å². The molecule has 0 radical (unpaired) electrons.